The molecule has 1 atom stereocenters. The number of rotatable bonds is 2. The van der Waals surface area contributed by atoms with Crippen LogP contribution in [0.3, 0.4) is 0 Å². The molecule has 0 bridgehead atoms. The molecule has 1 unspecified atom stereocenters. The molecule has 2 heterocycles. The molecule has 0 aromatic carbocycles. The van der Waals surface area contributed by atoms with Gasteiger partial charge in [0.2, 0.25) is 0 Å². The maximum atomic E-state index is 12.7. The summed E-state index contributed by atoms with van der Waals surface area (Å²) in [7, 11) is 0. The number of hydrogen-bond donors (Lipinski definition) is 1. The molecule has 1 saturated carbocycles. The molecular weight excluding hydrogens is 220 g/mol. The van der Waals surface area contributed by atoms with Crippen LogP contribution < -0.4 is 0 Å². The van der Waals surface area contributed by atoms with Crippen LogP contribution in [-0.4, -0.2) is 21.1 Å². The molecular formula is C9H7F2N3S. The first-order valence-electron chi connectivity index (χ1n) is 4.51. The summed E-state index contributed by atoms with van der Waals surface area (Å²) in [5.74, 6) is -2.56. The summed E-state index contributed by atoms with van der Waals surface area (Å²) in [5, 5.41) is 8.40. The van der Waals surface area contributed by atoms with Crippen molar-refractivity contribution in [2.75, 3.05) is 0 Å². The van der Waals surface area contributed by atoms with Crippen molar-refractivity contribution in [3.63, 3.8) is 0 Å². The summed E-state index contributed by atoms with van der Waals surface area (Å²) in [6.07, 6.45) is -0.119. The second kappa shape index (κ2) is 2.85. The monoisotopic (exact) mass is 227 g/mol. The Morgan fingerprint density at radius 2 is 2.33 bits per heavy atom. The van der Waals surface area contributed by atoms with Gasteiger partial charge in [-0.2, -0.15) is 5.10 Å². The Hall–Kier alpha value is -1.30. The van der Waals surface area contributed by atoms with Gasteiger partial charge in [0.05, 0.1) is 10.8 Å². The van der Waals surface area contributed by atoms with Crippen LogP contribution in [-0.2, 0) is 0 Å². The summed E-state index contributed by atoms with van der Waals surface area (Å²) >= 11 is 1.49. The number of halogens is 2. The third-order valence-corrected chi connectivity index (χ3v) is 3.27. The predicted molar refractivity (Wildman–Crippen MR) is 52.0 cm³/mol. The zero-order valence-electron chi connectivity index (χ0n) is 7.58. The molecule has 0 aliphatic heterocycles. The van der Waals surface area contributed by atoms with Gasteiger partial charge in [0.15, 0.2) is 5.82 Å². The summed E-state index contributed by atoms with van der Waals surface area (Å²) < 4.78 is 25.5. The van der Waals surface area contributed by atoms with Gasteiger partial charge in [-0.25, -0.2) is 13.8 Å². The lowest BCUT2D eigenvalue weighted by Crippen LogP contribution is -1.94. The molecule has 1 N–H and O–H groups in total. The molecule has 2 aromatic rings. The Bertz CT molecular complexity index is 477. The van der Waals surface area contributed by atoms with Crippen molar-refractivity contribution in [3.05, 3.63) is 23.3 Å². The standard InChI is InChI=1S/C9H7F2N3S/c10-9(11)4-5(9)7-12-8(14-13-7)6-2-1-3-15-6/h1-3,5H,4H2,(H,12,13,14). The number of aromatic nitrogens is 3. The van der Waals surface area contributed by atoms with Gasteiger partial charge in [0.1, 0.15) is 5.82 Å². The lowest BCUT2D eigenvalue weighted by Gasteiger charge is -1.90. The van der Waals surface area contributed by atoms with Crippen LogP contribution in [0, 0.1) is 0 Å². The fourth-order valence-electron chi connectivity index (χ4n) is 1.46. The van der Waals surface area contributed by atoms with E-state index < -0.39 is 11.8 Å². The minimum Gasteiger partial charge on any atom is -0.262 e. The van der Waals surface area contributed by atoms with Gasteiger partial charge >= 0.3 is 0 Å². The normalized spacial score (nSPS) is 22.9. The first kappa shape index (κ1) is 8.96. The number of hydrogen-bond acceptors (Lipinski definition) is 3. The predicted octanol–water partition coefficient (Wildman–Crippen LogP) is 2.66. The molecule has 2 aromatic heterocycles. The zero-order chi connectivity index (χ0) is 10.5. The van der Waals surface area contributed by atoms with Crippen LogP contribution in [0.5, 0.6) is 0 Å². The average Bonchev–Trinajstić information content (AvgIpc) is 2.73. The third kappa shape index (κ3) is 1.45. The van der Waals surface area contributed by atoms with Gasteiger partial charge in [-0.1, -0.05) is 6.07 Å². The van der Waals surface area contributed by atoms with Crippen LogP contribution in [0.1, 0.15) is 18.2 Å². The highest BCUT2D eigenvalue weighted by atomic mass is 32.1. The maximum absolute atomic E-state index is 12.7. The van der Waals surface area contributed by atoms with E-state index in [0.29, 0.717) is 11.6 Å². The van der Waals surface area contributed by atoms with Gasteiger partial charge in [0.25, 0.3) is 5.92 Å². The van der Waals surface area contributed by atoms with E-state index in [9.17, 15) is 8.78 Å². The van der Waals surface area contributed by atoms with Crippen molar-refractivity contribution in [2.24, 2.45) is 0 Å². The molecule has 0 spiro atoms. The molecule has 3 nitrogen and oxygen atoms in total. The van der Waals surface area contributed by atoms with E-state index >= 15 is 0 Å². The molecule has 15 heavy (non-hydrogen) atoms. The van der Waals surface area contributed by atoms with Crippen molar-refractivity contribution >= 4 is 11.3 Å². The number of nitrogens with one attached hydrogen (secondary N) is 1. The highest BCUT2D eigenvalue weighted by molar-refractivity contribution is 7.13. The smallest absolute Gasteiger partial charge is 0.259 e. The van der Waals surface area contributed by atoms with E-state index in [0.717, 1.165) is 4.88 Å². The molecule has 0 amide bonds. The molecule has 1 aliphatic rings. The largest absolute Gasteiger partial charge is 0.262 e. The second-order valence-electron chi connectivity index (χ2n) is 3.54. The Balaban J connectivity index is 1.89. The first-order valence-corrected chi connectivity index (χ1v) is 5.39. The van der Waals surface area contributed by atoms with Crippen molar-refractivity contribution in [1.29, 1.82) is 0 Å². The van der Waals surface area contributed by atoms with Crippen molar-refractivity contribution in [2.45, 2.75) is 18.3 Å². The Morgan fingerprint density at radius 1 is 1.53 bits per heavy atom. The van der Waals surface area contributed by atoms with E-state index in [2.05, 4.69) is 15.2 Å². The van der Waals surface area contributed by atoms with Crippen LogP contribution in [0.2, 0.25) is 0 Å². The number of nitrogens with zero attached hydrogens (tertiary/aromatic N) is 2. The summed E-state index contributed by atoms with van der Waals surface area (Å²) in [6, 6.07) is 3.74. The lowest BCUT2D eigenvalue weighted by molar-refractivity contribution is 0.111. The maximum Gasteiger partial charge on any atom is 0.259 e. The van der Waals surface area contributed by atoms with E-state index in [1.54, 1.807) is 0 Å². The fraction of sp³-hybridized carbons (Fsp3) is 0.333. The van der Waals surface area contributed by atoms with E-state index in [-0.39, 0.29) is 6.42 Å². The number of aromatic amines is 1. The van der Waals surface area contributed by atoms with Crippen LogP contribution in [0.4, 0.5) is 8.78 Å². The molecule has 3 rings (SSSR count). The Kier molecular flexibility index (Phi) is 1.70. The number of H-pyrrole nitrogens is 1. The quantitative estimate of drug-likeness (QED) is 0.856. The third-order valence-electron chi connectivity index (χ3n) is 2.40. The zero-order valence-corrected chi connectivity index (χ0v) is 8.39. The topological polar surface area (TPSA) is 41.6 Å². The first-order chi connectivity index (χ1) is 7.17. The summed E-state index contributed by atoms with van der Waals surface area (Å²) in [4.78, 5) is 4.96. The lowest BCUT2D eigenvalue weighted by atomic mass is 10.4. The van der Waals surface area contributed by atoms with Gasteiger partial charge in [-0.15, -0.1) is 11.3 Å². The molecule has 78 valence electrons. The minimum absolute atomic E-state index is 0.119. The molecule has 1 fully saturated rings. The number of alkyl halides is 2. The molecule has 0 saturated heterocycles. The highest BCUT2D eigenvalue weighted by Crippen LogP contribution is 2.54. The Morgan fingerprint density at radius 3 is 2.93 bits per heavy atom. The summed E-state index contributed by atoms with van der Waals surface area (Å²) in [5.41, 5.74) is 0. The van der Waals surface area contributed by atoms with Crippen molar-refractivity contribution in [1.82, 2.24) is 15.2 Å². The highest BCUT2D eigenvalue weighted by Gasteiger charge is 2.59. The fourth-order valence-corrected chi connectivity index (χ4v) is 2.11. The van der Waals surface area contributed by atoms with E-state index in [1.165, 1.54) is 11.3 Å². The molecule has 0 radical (unpaired) electrons. The van der Waals surface area contributed by atoms with Crippen LogP contribution >= 0.6 is 11.3 Å². The number of thiophene rings is 1. The van der Waals surface area contributed by atoms with Crippen LogP contribution in [0.15, 0.2) is 17.5 Å². The van der Waals surface area contributed by atoms with Gasteiger partial charge in [-0.3, -0.25) is 5.10 Å². The van der Waals surface area contributed by atoms with Gasteiger partial charge < -0.3 is 0 Å². The average molecular weight is 227 g/mol. The minimum atomic E-state index is -2.59. The molecule has 1 aliphatic carbocycles. The summed E-state index contributed by atoms with van der Waals surface area (Å²) in [6.45, 7) is 0. The van der Waals surface area contributed by atoms with Gasteiger partial charge in [-0.05, 0) is 11.4 Å². The van der Waals surface area contributed by atoms with Crippen molar-refractivity contribution < 1.29 is 8.78 Å². The SMILES string of the molecule is FC1(F)CC1c1nc(-c2cccs2)n[nH]1. The van der Waals surface area contributed by atoms with Gasteiger partial charge in [0, 0.05) is 6.42 Å². The van der Waals surface area contributed by atoms with Crippen LogP contribution in [0.25, 0.3) is 10.7 Å². The Labute approximate surface area is 88.2 Å². The molecule has 6 heteroatoms. The second-order valence-corrected chi connectivity index (χ2v) is 4.49. The van der Waals surface area contributed by atoms with E-state index in [1.807, 2.05) is 17.5 Å². The van der Waals surface area contributed by atoms with Crippen molar-refractivity contribution in [3.8, 4) is 10.7 Å². The van der Waals surface area contributed by atoms with E-state index in [4.69, 9.17) is 0 Å².